The first kappa shape index (κ1) is 23.8. The highest BCUT2D eigenvalue weighted by atomic mass is 35.5. The number of fused-ring (bicyclic) bond motifs is 1. The summed E-state index contributed by atoms with van der Waals surface area (Å²) in [6, 6.07) is 11.7. The second-order valence-electron chi connectivity index (χ2n) is 7.57. The number of methoxy groups -OCH3 is 1. The van der Waals surface area contributed by atoms with Crippen molar-refractivity contribution in [2.24, 2.45) is 5.92 Å². The quantitative estimate of drug-likeness (QED) is 0.292. The number of rotatable bonds is 8. The Morgan fingerprint density at radius 1 is 1.22 bits per heavy atom. The molecule has 9 heteroatoms. The maximum atomic E-state index is 13.0. The summed E-state index contributed by atoms with van der Waals surface area (Å²) in [6.45, 7) is 4.69. The summed E-state index contributed by atoms with van der Waals surface area (Å²) in [5.41, 5.74) is 0.928. The lowest BCUT2D eigenvalue weighted by molar-refractivity contribution is -0.113. The maximum absolute atomic E-state index is 13.0. The largest absolute Gasteiger partial charge is 0.465 e. The molecule has 32 heavy (non-hydrogen) atoms. The van der Waals surface area contributed by atoms with Crippen LogP contribution in [0.4, 0.5) is 5.69 Å². The SMILES string of the molecule is COC(=O)c1ccc(Cl)cc1NC(=O)CSc1nc2ccccc2c(=O)n1CCC(C)C. The van der Waals surface area contributed by atoms with Gasteiger partial charge in [-0.3, -0.25) is 14.2 Å². The monoisotopic (exact) mass is 473 g/mol. The van der Waals surface area contributed by atoms with Gasteiger partial charge in [-0.1, -0.05) is 49.3 Å². The topological polar surface area (TPSA) is 90.3 Å². The van der Waals surface area contributed by atoms with E-state index in [9.17, 15) is 14.4 Å². The number of hydrogen-bond acceptors (Lipinski definition) is 6. The highest BCUT2D eigenvalue weighted by Crippen LogP contribution is 2.23. The lowest BCUT2D eigenvalue weighted by Crippen LogP contribution is -2.25. The van der Waals surface area contributed by atoms with E-state index in [1.807, 2.05) is 12.1 Å². The van der Waals surface area contributed by atoms with Gasteiger partial charge in [0, 0.05) is 11.6 Å². The van der Waals surface area contributed by atoms with E-state index < -0.39 is 5.97 Å². The number of benzene rings is 2. The third kappa shape index (κ3) is 5.69. The van der Waals surface area contributed by atoms with E-state index in [1.54, 1.807) is 22.8 Å². The second kappa shape index (κ2) is 10.7. The van der Waals surface area contributed by atoms with Crippen LogP contribution in [0.15, 0.2) is 52.4 Å². The molecule has 0 atom stereocenters. The molecule has 0 radical (unpaired) electrons. The van der Waals surface area contributed by atoms with Crippen LogP contribution in [0.25, 0.3) is 10.9 Å². The molecule has 0 aliphatic rings. The van der Waals surface area contributed by atoms with Crippen molar-refractivity contribution < 1.29 is 14.3 Å². The summed E-state index contributed by atoms with van der Waals surface area (Å²) in [4.78, 5) is 42.3. The molecule has 0 unspecified atom stereocenters. The first-order valence-corrected chi connectivity index (χ1v) is 11.5. The fourth-order valence-electron chi connectivity index (χ4n) is 3.07. The van der Waals surface area contributed by atoms with E-state index in [0.717, 1.165) is 6.42 Å². The number of esters is 1. The molecule has 0 saturated heterocycles. The number of para-hydroxylation sites is 1. The first-order chi connectivity index (χ1) is 15.3. The van der Waals surface area contributed by atoms with Crippen molar-refractivity contribution in [1.82, 2.24) is 9.55 Å². The zero-order chi connectivity index (χ0) is 23.3. The van der Waals surface area contributed by atoms with Gasteiger partial charge in [-0.05, 0) is 42.7 Å². The summed E-state index contributed by atoms with van der Waals surface area (Å²) in [6.07, 6.45) is 0.810. The zero-order valence-electron chi connectivity index (χ0n) is 18.1. The number of thioether (sulfide) groups is 1. The van der Waals surface area contributed by atoms with Crippen LogP contribution < -0.4 is 10.9 Å². The third-order valence-corrected chi connectivity index (χ3v) is 5.96. The Balaban J connectivity index is 1.83. The predicted octanol–water partition coefficient (Wildman–Crippen LogP) is 4.61. The lowest BCUT2D eigenvalue weighted by Gasteiger charge is -2.14. The van der Waals surface area contributed by atoms with E-state index in [0.29, 0.717) is 33.5 Å². The molecule has 1 amide bonds. The normalized spacial score (nSPS) is 11.0. The van der Waals surface area contributed by atoms with Crippen LogP contribution >= 0.6 is 23.4 Å². The molecule has 0 aliphatic heterocycles. The standard InChI is InChI=1S/C23H24ClN3O4S/c1-14(2)10-11-27-21(29)16-6-4-5-7-18(16)26-23(27)32-13-20(28)25-19-12-15(24)8-9-17(19)22(30)31-3/h4-9,12,14H,10-11,13H2,1-3H3,(H,25,28). The van der Waals surface area contributed by atoms with Crippen molar-refractivity contribution in [3.8, 4) is 0 Å². The number of nitrogens with zero attached hydrogens (tertiary/aromatic N) is 2. The summed E-state index contributed by atoms with van der Waals surface area (Å²) < 4.78 is 6.38. The Morgan fingerprint density at radius 3 is 2.69 bits per heavy atom. The molecule has 3 aromatic rings. The van der Waals surface area contributed by atoms with Crippen molar-refractivity contribution in [3.05, 3.63) is 63.4 Å². The Bertz CT molecular complexity index is 1210. The van der Waals surface area contributed by atoms with E-state index in [-0.39, 0.29) is 28.5 Å². The number of hydrogen-bond donors (Lipinski definition) is 1. The molecule has 1 heterocycles. The van der Waals surface area contributed by atoms with Crippen molar-refractivity contribution in [1.29, 1.82) is 0 Å². The Hall–Kier alpha value is -2.84. The molecule has 1 N–H and O–H groups in total. The van der Waals surface area contributed by atoms with Crippen LogP contribution in [-0.4, -0.2) is 34.3 Å². The molecule has 0 fully saturated rings. The van der Waals surface area contributed by atoms with Gasteiger partial charge in [-0.25, -0.2) is 9.78 Å². The Kier molecular flexibility index (Phi) is 7.93. The molecular weight excluding hydrogens is 450 g/mol. The van der Waals surface area contributed by atoms with Crippen molar-refractivity contribution in [3.63, 3.8) is 0 Å². The number of aromatic nitrogens is 2. The van der Waals surface area contributed by atoms with Gasteiger partial charge in [0.15, 0.2) is 5.16 Å². The minimum Gasteiger partial charge on any atom is -0.465 e. The average Bonchev–Trinajstić information content (AvgIpc) is 2.76. The highest BCUT2D eigenvalue weighted by molar-refractivity contribution is 7.99. The van der Waals surface area contributed by atoms with E-state index in [2.05, 4.69) is 24.1 Å². The smallest absolute Gasteiger partial charge is 0.339 e. The third-order valence-electron chi connectivity index (χ3n) is 4.75. The average molecular weight is 474 g/mol. The van der Waals surface area contributed by atoms with Crippen LogP contribution in [-0.2, 0) is 16.1 Å². The minimum absolute atomic E-state index is 0.000412. The second-order valence-corrected chi connectivity index (χ2v) is 8.95. The number of ether oxygens (including phenoxy) is 1. The van der Waals surface area contributed by atoms with Gasteiger partial charge < -0.3 is 10.1 Å². The van der Waals surface area contributed by atoms with Crippen LogP contribution in [0.3, 0.4) is 0 Å². The molecule has 2 aromatic carbocycles. The van der Waals surface area contributed by atoms with E-state index in [1.165, 1.54) is 31.0 Å². The van der Waals surface area contributed by atoms with Gasteiger partial charge >= 0.3 is 5.97 Å². The highest BCUT2D eigenvalue weighted by Gasteiger charge is 2.17. The zero-order valence-corrected chi connectivity index (χ0v) is 19.6. The van der Waals surface area contributed by atoms with Crippen molar-refractivity contribution >= 4 is 51.8 Å². The van der Waals surface area contributed by atoms with Gasteiger partial charge in [0.1, 0.15) is 0 Å². The fraction of sp³-hybridized carbons (Fsp3) is 0.304. The molecule has 0 bridgehead atoms. The van der Waals surface area contributed by atoms with Crippen LogP contribution in [0.5, 0.6) is 0 Å². The number of carbonyl (C=O) groups is 2. The Labute approximate surface area is 195 Å². The number of anilines is 1. The lowest BCUT2D eigenvalue weighted by atomic mass is 10.1. The molecule has 0 spiro atoms. The molecule has 0 aliphatic carbocycles. The molecule has 1 aromatic heterocycles. The van der Waals surface area contributed by atoms with Gasteiger partial charge in [0.25, 0.3) is 5.56 Å². The summed E-state index contributed by atoms with van der Waals surface area (Å²) in [5, 5.41) is 4.10. The van der Waals surface area contributed by atoms with E-state index in [4.69, 9.17) is 16.3 Å². The molecule has 168 valence electrons. The van der Waals surface area contributed by atoms with Crippen molar-refractivity contribution in [2.45, 2.75) is 32.0 Å². The molecule has 3 rings (SSSR count). The van der Waals surface area contributed by atoms with Gasteiger partial charge in [0.2, 0.25) is 5.91 Å². The minimum atomic E-state index is -0.580. The number of nitrogens with one attached hydrogen (secondary N) is 1. The molecule has 0 saturated carbocycles. The van der Waals surface area contributed by atoms with Crippen LogP contribution in [0, 0.1) is 5.92 Å². The summed E-state index contributed by atoms with van der Waals surface area (Å²) >= 11 is 7.19. The van der Waals surface area contributed by atoms with Gasteiger partial charge in [-0.15, -0.1) is 0 Å². The molecular formula is C23H24ClN3O4S. The van der Waals surface area contributed by atoms with E-state index >= 15 is 0 Å². The molecule has 7 nitrogen and oxygen atoms in total. The first-order valence-electron chi connectivity index (χ1n) is 10.1. The fourth-order valence-corrected chi connectivity index (χ4v) is 4.06. The maximum Gasteiger partial charge on any atom is 0.339 e. The summed E-state index contributed by atoms with van der Waals surface area (Å²) in [7, 11) is 1.26. The number of halogens is 1. The van der Waals surface area contributed by atoms with Crippen molar-refractivity contribution in [2.75, 3.05) is 18.2 Å². The Morgan fingerprint density at radius 2 is 1.97 bits per heavy atom. The summed E-state index contributed by atoms with van der Waals surface area (Å²) in [5.74, 6) is -0.530. The van der Waals surface area contributed by atoms with Gasteiger partial charge in [-0.2, -0.15) is 0 Å². The number of amides is 1. The van der Waals surface area contributed by atoms with Crippen LogP contribution in [0.2, 0.25) is 5.02 Å². The number of carbonyl (C=O) groups excluding carboxylic acids is 2. The van der Waals surface area contributed by atoms with Gasteiger partial charge in [0.05, 0.1) is 35.0 Å². The predicted molar refractivity (Wildman–Crippen MR) is 128 cm³/mol. The van der Waals surface area contributed by atoms with Crippen LogP contribution in [0.1, 0.15) is 30.6 Å².